The van der Waals surface area contributed by atoms with E-state index < -0.39 is 20.0 Å². The zero-order valence-electron chi connectivity index (χ0n) is 11.6. The molecule has 0 aliphatic carbocycles. The Morgan fingerprint density at radius 3 is 2.00 bits per heavy atom. The first kappa shape index (κ1) is 15.3. The van der Waals surface area contributed by atoms with Crippen LogP contribution in [-0.4, -0.2) is 14.3 Å². The molecule has 0 aromatic rings. The van der Waals surface area contributed by atoms with Gasteiger partial charge in [0.15, 0.2) is 0 Å². The van der Waals surface area contributed by atoms with E-state index in [-0.39, 0.29) is 5.04 Å². The Kier molecular flexibility index (Phi) is 4.06. The molecule has 104 valence electrons. The van der Waals surface area contributed by atoms with Crippen molar-refractivity contribution in [3.05, 3.63) is 23.3 Å². The van der Waals surface area contributed by atoms with Gasteiger partial charge in [0.25, 0.3) is 0 Å². The van der Waals surface area contributed by atoms with E-state index in [1.807, 2.05) is 6.08 Å². The van der Waals surface area contributed by atoms with Crippen molar-refractivity contribution in [2.45, 2.75) is 57.9 Å². The molecular weight excluding hydrogens is 257 g/mol. The van der Waals surface area contributed by atoms with Crippen molar-refractivity contribution < 1.29 is 17.9 Å². The van der Waals surface area contributed by atoms with Crippen LogP contribution in [0.1, 0.15) is 33.6 Å². The van der Waals surface area contributed by atoms with Gasteiger partial charge in [-0.3, -0.25) is 0 Å². The Morgan fingerprint density at radius 1 is 1.06 bits per heavy atom. The Morgan fingerprint density at radius 2 is 1.56 bits per heavy atom. The summed E-state index contributed by atoms with van der Waals surface area (Å²) in [6.07, 6.45) is -0.413. The Balaban J connectivity index is 3.06. The molecule has 0 amide bonds. The molecule has 0 aromatic carbocycles. The quantitative estimate of drug-likeness (QED) is 0.601. The molecule has 0 saturated heterocycles. The van der Waals surface area contributed by atoms with Crippen LogP contribution in [0, 0.1) is 0 Å². The molecule has 0 atom stereocenters. The summed E-state index contributed by atoms with van der Waals surface area (Å²) in [5, 5.41) is 0.510. The molecule has 1 rings (SSSR count). The van der Waals surface area contributed by atoms with Gasteiger partial charge in [-0.25, -0.2) is 0 Å². The minimum atomic E-state index is -4.40. The van der Waals surface area contributed by atoms with Crippen LogP contribution in [-0.2, 0) is 4.74 Å². The first-order valence-electron chi connectivity index (χ1n) is 6.12. The molecule has 5 heteroatoms. The zero-order valence-corrected chi connectivity index (χ0v) is 12.6. The summed E-state index contributed by atoms with van der Waals surface area (Å²) in [7, 11) is -2.06. The van der Waals surface area contributed by atoms with Crippen LogP contribution in [0.3, 0.4) is 0 Å². The summed E-state index contributed by atoms with van der Waals surface area (Å²) in [4.78, 5) is 0. The van der Waals surface area contributed by atoms with Gasteiger partial charge in [0.2, 0.25) is 5.76 Å². The third kappa shape index (κ3) is 3.19. The van der Waals surface area contributed by atoms with Crippen molar-refractivity contribution in [2.24, 2.45) is 0 Å². The van der Waals surface area contributed by atoms with Crippen LogP contribution in [0.25, 0.3) is 0 Å². The number of alkyl halides is 3. The highest BCUT2D eigenvalue weighted by Crippen LogP contribution is 2.43. The highest BCUT2D eigenvalue weighted by Gasteiger charge is 2.44. The molecule has 0 unspecified atom stereocenters. The topological polar surface area (TPSA) is 9.23 Å². The number of hydrogen-bond donors (Lipinski definition) is 0. The van der Waals surface area contributed by atoms with Gasteiger partial charge in [-0.1, -0.05) is 39.9 Å². The Bertz CT molecular complexity index is 373. The zero-order chi connectivity index (χ0) is 14.2. The molecule has 1 aliphatic rings. The summed E-state index contributed by atoms with van der Waals surface area (Å²) in [6.45, 7) is 10.3. The number of hydrogen-bond acceptors (Lipinski definition) is 1. The van der Waals surface area contributed by atoms with Gasteiger partial charge >= 0.3 is 6.18 Å². The van der Waals surface area contributed by atoms with Crippen LogP contribution in [0.5, 0.6) is 0 Å². The van der Waals surface area contributed by atoms with Gasteiger partial charge in [0.1, 0.15) is 8.07 Å². The third-order valence-electron chi connectivity index (χ3n) is 3.82. The molecule has 1 aliphatic heterocycles. The number of halogens is 3. The molecule has 0 fully saturated rings. The number of allylic oxidation sites excluding steroid dienone is 3. The fourth-order valence-electron chi connectivity index (χ4n) is 1.56. The maximum absolute atomic E-state index is 12.8. The smallest absolute Gasteiger partial charge is 0.449 e. The van der Waals surface area contributed by atoms with Crippen molar-refractivity contribution in [3.8, 4) is 0 Å². The second-order valence-electron chi connectivity index (χ2n) is 6.19. The van der Waals surface area contributed by atoms with Crippen LogP contribution in [0.15, 0.2) is 23.3 Å². The van der Waals surface area contributed by atoms with Crippen molar-refractivity contribution in [1.29, 1.82) is 0 Å². The Hall–Kier alpha value is -0.713. The lowest BCUT2D eigenvalue weighted by molar-refractivity contribution is -0.123. The number of rotatable bonds is 1. The van der Waals surface area contributed by atoms with E-state index >= 15 is 0 Å². The lowest BCUT2D eigenvalue weighted by Crippen LogP contribution is -2.41. The van der Waals surface area contributed by atoms with Gasteiger partial charge in [-0.05, 0) is 24.0 Å². The van der Waals surface area contributed by atoms with E-state index in [4.69, 9.17) is 4.74 Å². The number of ether oxygens (including phenoxy) is 1. The minimum absolute atomic E-state index is 0.0418. The molecule has 0 radical (unpaired) electrons. The molecular formula is C13H21F3OSi. The highest BCUT2D eigenvalue weighted by molar-refractivity contribution is 6.86. The third-order valence-corrected chi connectivity index (χ3v) is 9.10. The van der Waals surface area contributed by atoms with Gasteiger partial charge in [-0.2, -0.15) is 13.2 Å². The average Bonchev–Trinajstić information content (AvgIpc) is 2.39. The maximum atomic E-state index is 12.8. The summed E-state index contributed by atoms with van der Waals surface area (Å²) >= 11 is 0. The van der Waals surface area contributed by atoms with Gasteiger partial charge in [0, 0.05) is 0 Å². The van der Waals surface area contributed by atoms with E-state index in [0.29, 0.717) is 18.2 Å². The molecule has 0 saturated carbocycles. The lowest BCUT2D eigenvalue weighted by Gasteiger charge is -2.38. The standard InChI is InChI=1S/C13H21F3OSi/c1-12(2,3)18(4,5)11-9-7-6-8-10(17-11)13(14,15)16/h8-9H,6-7H2,1-5H3. The largest absolute Gasteiger partial charge is 0.462 e. The lowest BCUT2D eigenvalue weighted by atomic mass is 10.2. The average molecular weight is 278 g/mol. The van der Waals surface area contributed by atoms with E-state index in [1.165, 1.54) is 0 Å². The molecule has 0 aromatic heterocycles. The molecule has 1 nitrogen and oxygen atoms in total. The van der Waals surface area contributed by atoms with Crippen LogP contribution in [0.2, 0.25) is 18.1 Å². The normalized spacial score (nSPS) is 18.7. The molecule has 1 heterocycles. The fraction of sp³-hybridized carbons (Fsp3) is 0.692. The fourth-order valence-corrected chi connectivity index (χ4v) is 3.32. The highest BCUT2D eigenvalue weighted by atomic mass is 28.3. The molecule has 0 N–H and O–H groups in total. The first-order chi connectivity index (χ1) is 7.96. The second kappa shape index (κ2) is 4.76. The van der Waals surface area contributed by atoms with Crippen molar-refractivity contribution in [3.63, 3.8) is 0 Å². The first-order valence-corrected chi connectivity index (χ1v) is 9.12. The summed E-state index contributed by atoms with van der Waals surface area (Å²) < 4.78 is 43.6. The summed E-state index contributed by atoms with van der Waals surface area (Å²) in [5.74, 6) is -0.851. The van der Waals surface area contributed by atoms with E-state index in [9.17, 15) is 13.2 Å². The van der Waals surface area contributed by atoms with Crippen molar-refractivity contribution >= 4 is 8.07 Å². The van der Waals surface area contributed by atoms with E-state index in [2.05, 4.69) is 33.9 Å². The van der Waals surface area contributed by atoms with E-state index in [1.54, 1.807) is 0 Å². The molecule has 0 spiro atoms. The van der Waals surface area contributed by atoms with Crippen LogP contribution in [0.4, 0.5) is 13.2 Å². The van der Waals surface area contributed by atoms with Crippen molar-refractivity contribution in [1.82, 2.24) is 0 Å². The second-order valence-corrected chi connectivity index (χ2v) is 11.4. The van der Waals surface area contributed by atoms with Crippen molar-refractivity contribution in [2.75, 3.05) is 0 Å². The summed E-state index contributed by atoms with van der Waals surface area (Å²) in [5.41, 5.74) is 0. The molecule has 18 heavy (non-hydrogen) atoms. The van der Waals surface area contributed by atoms with E-state index in [0.717, 1.165) is 6.08 Å². The predicted octanol–water partition coefficient (Wildman–Crippen LogP) is 5.17. The van der Waals surface area contributed by atoms with Gasteiger partial charge in [0.05, 0.1) is 5.38 Å². The SMILES string of the molecule is CC(C)(C)[Si](C)(C)C1=CCCC=C(C(F)(F)F)O1. The van der Waals surface area contributed by atoms with Crippen LogP contribution >= 0.6 is 0 Å². The molecule has 0 bridgehead atoms. The predicted molar refractivity (Wildman–Crippen MR) is 69.7 cm³/mol. The maximum Gasteiger partial charge on any atom is 0.449 e. The Labute approximate surface area is 108 Å². The van der Waals surface area contributed by atoms with Gasteiger partial charge in [-0.15, -0.1) is 0 Å². The van der Waals surface area contributed by atoms with Gasteiger partial charge < -0.3 is 4.74 Å². The monoisotopic (exact) mass is 278 g/mol. The summed E-state index contributed by atoms with van der Waals surface area (Å²) in [6, 6.07) is 0. The van der Waals surface area contributed by atoms with Crippen LogP contribution < -0.4 is 0 Å². The minimum Gasteiger partial charge on any atom is -0.462 e.